The Balaban J connectivity index is 2.44. The normalized spacial score (nSPS) is 14.5. The molecule has 2 heterocycles. The van der Waals surface area contributed by atoms with Crippen molar-refractivity contribution in [2.24, 2.45) is 0 Å². The van der Waals surface area contributed by atoms with Crippen molar-refractivity contribution in [1.29, 1.82) is 0 Å². The van der Waals surface area contributed by atoms with Gasteiger partial charge in [-0.1, -0.05) is 18.2 Å². The molecular weight excluding hydrogens is 228 g/mol. The van der Waals surface area contributed by atoms with E-state index in [4.69, 9.17) is 0 Å². The van der Waals surface area contributed by atoms with E-state index in [1.807, 2.05) is 25.1 Å². The lowest BCUT2D eigenvalue weighted by Crippen LogP contribution is -2.27. The molecule has 1 aromatic carbocycles. The smallest absolute Gasteiger partial charge is 0.336 e. The number of carboxylic acid groups (broad SMARTS) is 1. The molecule has 0 radical (unpaired) electrons. The molecule has 0 bridgehead atoms. The topological polar surface area (TPSA) is 62.2 Å². The minimum absolute atomic E-state index is 0.408. The van der Waals surface area contributed by atoms with Gasteiger partial charge in [-0.3, -0.25) is 4.98 Å². The van der Waals surface area contributed by atoms with Crippen LogP contribution in [0.3, 0.4) is 0 Å². The number of carboxylic acids is 1. The van der Waals surface area contributed by atoms with Gasteiger partial charge in [-0.25, -0.2) is 4.79 Å². The lowest BCUT2D eigenvalue weighted by Gasteiger charge is -2.20. The summed E-state index contributed by atoms with van der Waals surface area (Å²) in [5, 5.41) is 13.4. The summed E-state index contributed by atoms with van der Waals surface area (Å²) in [6.07, 6.45) is 0.792. The molecule has 1 aliphatic rings. The molecule has 92 valence electrons. The molecule has 2 N–H and O–H groups in total. The van der Waals surface area contributed by atoms with Gasteiger partial charge in [0.05, 0.1) is 11.1 Å². The fourth-order valence-corrected chi connectivity index (χ4v) is 2.58. The molecule has 2 aromatic rings. The Morgan fingerprint density at radius 1 is 1.44 bits per heavy atom. The Hall–Kier alpha value is -1.94. The van der Waals surface area contributed by atoms with E-state index in [9.17, 15) is 9.90 Å². The standard InChI is InChI=1S/C14H14N2O2/c1-8-3-2-4-9-12(14(17)18)10-7-15-6-5-11(10)16-13(8)9/h2-4,15H,5-7H2,1H3,(H,17,18). The van der Waals surface area contributed by atoms with Crippen molar-refractivity contribution in [3.63, 3.8) is 0 Å². The lowest BCUT2D eigenvalue weighted by atomic mass is 9.95. The Morgan fingerprint density at radius 3 is 3.06 bits per heavy atom. The van der Waals surface area contributed by atoms with Gasteiger partial charge in [0.25, 0.3) is 0 Å². The highest BCUT2D eigenvalue weighted by Crippen LogP contribution is 2.27. The van der Waals surface area contributed by atoms with E-state index < -0.39 is 5.97 Å². The van der Waals surface area contributed by atoms with E-state index in [-0.39, 0.29) is 0 Å². The Bertz CT molecular complexity index is 650. The van der Waals surface area contributed by atoms with E-state index in [0.29, 0.717) is 12.1 Å². The van der Waals surface area contributed by atoms with Gasteiger partial charge in [0.1, 0.15) is 0 Å². The summed E-state index contributed by atoms with van der Waals surface area (Å²) in [7, 11) is 0. The second kappa shape index (κ2) is 4.07. The predicted octanol–water partition coefficient (Wildman–Crippen LogP) is 1.89. The maximum Gasteiger partial charge on any atom is 0.336 e. The van der Waals surface area contributed by atoms with E-state index in [1.165, 1.54) is 0 Å². The third-order valence-corrected chi connectivity index (χ3v) is 3.46. The van der Waals surface area contributed by atoms with Crippen LogP contribution in [0.4, 0.5) is 0 Å². The number of carbonyl (C=O) groups is 1. The summed E-state index contributed by atoms with van der Waals surface area (Å²) in [6, 6.07) is 5.69. The summed E-state index contributed by atoms with van der Waals surface area (Å²) >= 11 is 0. The largest absolute Gasteiger partial charge is 0.478 e. The molecule has 0 spiro atoms. The van der Waals surface area contributed by atoms with Crippen LogP contribution in [0.2, 0.25) is 0 Å². The Kier molecular flexibility index (Phi) is 2.52. The first kappa shape index (κ1) is 11.2. The van der Waals surface area contributed by atoms with Crippen molar-refractivity contribution in [1.82, 2.24) is 10.3 Å². The third kappa shape index (κ3) is 1.57. The van der Waals surface area contributed by atoms with E-state index in [2.05, 4.69) is 10.3 Å². The van der Waals surface area contributed by atoms with Crippen LogP contribution in [0.15, 0.2) is 18.2 Å². The quantitative estimate of drug-likeness (QED) is 0.801. The second-order valence-electron chi connectivity index (χ2n) is 4.62. The molecule has 0 saturated heterocycles. The highest BCUT2D eigenvalue weighted by Gasteiger charge is 2.22. The van der Waals surface area contributed by atoms with Crippen LogP contribution in [0, 0.1) is 6.92 Å². The number of hydrogen-bond acceptors (Lipinski definition) is 3. The molecule has 0 aliphatic carbocycles. The number of nitrogens with zero attached hydrogens (tertiary/aromatic N) is 1. The molecule has 4 heteroatoms. The van der Waals surface area contributed by atoms with Crippen LogP contribution in [0.25, 0.3) is 10.9 Å². The van der Waals surface area contributed by atoms with Crippen LogP contribution in [0.1, 0.15) is 27.2 Å². The number of para-hydroxylation sites is 1. The van der Waals surface area contributed by atoms with Gasteiger partial charge in [-0.15, -0.1) is 0 Å². The first-order valence-corrected chi connectivity index (χ1v) is 6.03. The second-order valence-corrected chi connectivity index (χ2v) is 4.62. The highest BCUT2D eigenvalue weighted by molar-refractivity contribution is 6.04. The lowest BCUT2D eigenvalue weighted by molar-refractivity contribution is 0.0697. The number of hydrogen-bond donors (Lipinski definition) is 2. The van der Waals surface area contributed by atoms with Crippen LogP contribution < -0.4 is 5.32 Å². The summed E-state index contributed by atoms with van der Waals surface area (Å²) in [5.41, 5.74) is 4.01. The number of nitrogens with one attached hydrogen (secondary N) is 1. The molecule has 18 heavy (non-hydrogen) atoms. The average Bonchev–Trinajstić information content (AvgIpc) is 2.36. The van der Waals surface area contributed by atoms with Crippen LogP contribution in [-0.4, -0.2) is 22.6 Å². The molecule has 4 nitrogen and oxygen atoms in total. The first-order valence-electron chi connectivity index (χ1n) is 6.03. The molecule has 1 aliphatic heterocycles. The zero-order valence-electron chi connectivity index (χ0n) is 10.2. The first-order chi connectivity index (χ1) is 8.68. The van der Waals surface area contributed by atoms with Crippen molar-refractivity contribution < 1.29 is 9.90 Å². The Labute approximate surface area is 105 Å². The number of aromatic carboxylic acids is 1. The van der Waals surface area contributed by atoms with Crippen molar-refractivity contribution in [2.45, 2.75) is 19.9 Å². The third-order valence-electron chi connectivity index (χ3n) is 3.46. The van der Waals surface area contributed by atoms with Gasteiger partial charge in [0.2, 0.25) is 0 Å². The number of fused-ring (bicyclic) bond motifs is 2. The zero-order chi connectivity index (χ0) is 12.7. The number of benzene rings is 1. The highest BCUT2D eigenvalue weighted by atomic mass is 16.4. The number of aryl methyl sites for hydroxylation is 1. The molecule has 0 amide bonds. The van der Waals surface area contributed by atoms with Gasteiger partial charge >= 0.3 is 5.97 Å². The van der Waals surface area contributed by atoms with Gasteiger partial charge in [-0.05, 0) is 12.5 Å². The monoisotopic (exact) mass is 242 g/mol. The average molecular weight is 242 g/mol. The fourth-order valence-electron chi connectivity index (χ4n) is 2.58. The molecule has 0 fully saturated rings. The van der Waals surface area contributed by atoms with Gasteiger partial charge in [0, 0.05) is 36.2 Å². The Morgan fingerprint density at radius 2 is 2.28 bits per heavy atom. The summed E-state index contributed by atoms with van der Waals surface area (Å²) in [5.74, 6) is -0.868. The molecule has 3 rings (SSSR count). The number of rotatable bonds is 1. The summed E-state index contributed by atoms with van der Waals surface area (Å²) in [4.78, 5) is 16.2. The maximum atomic E-state index is 11.5. The van der Waals surface area contributed by atoms with E-state index in [0.717, 1.165) is 40.7 Å². The number of aromatic nitrogens is 1. The van der Waals surface area contributed by atoms with Crippen molar-refractivity contribution in [3.8, 4) is 0 Å². The van der Waals surface area contributed by atoms with E-state index >= 15 is 0 Å². The van der Waals surface area contributed by atoms with E-state index in [1.54, 1.807) is 0 Å². The fraction of sp³-hybridized carbons (Fsp3) is 0.286. The van der Waals surface area contributed by atoms with Crippen LogP contribution >= 0.6 is 0 Å². The van der Waals surface area contributed by atoms with Gasteiger partial charge in [0.15, 0.2) is 0 Å². The number of pyridine rings is 1. The minimum Gasteiger partial charge on any atom is -0.478 e. The van der Waals surface area contributed by atoms with Crippen LogP contribution in [0.5, 0.6) is 0 Å². The van der Waals surface area contributed by atoms with Crippen molar-refractivity contribution >= 4 is 16.9 Å². The van der Waals surface area contributed by atoms with Gasteiger partial charge in [-0.2, -0.15) is 0 Å². The molecule has 0 saturated carbocycles. The molecule has 0 atom stereocenters. The zero-order valence-corrected chi connectivity index (χ0v) is 10.2. The van der Waals surface area contributed by atoms with Crippen LogP contribution in [-0.2, 0) is 13.0 Å². The minimum atomic E-state index is -0.868. The van der Waals surface area contributed by atoms with Crippen molar-refractivity contribution in [3.05, 3.63) is 40.6 Å². The summed E-state index contributed by atoms with van der Waals surface area (Å²) in [6.45, 7) is 3.42. The maximum absolute atomic E-state index is 11.5. The molecular formula is C14H14N2O2. The van der Waals surface area contributed by atoms with Gasteiger partial charge < -0.3 is 10.4 Å². The van der Waals surface area contributed by atoms with Crippen molar-refractivity contribution in [2.75, 3.05) is 6.54 Å². The molecule has 1 aromatic heterocycles. The predicted molar refractivity (Wildman–Crippen MR) is 68.9 cm³/mol. The molecule has 0 unspecified atom stereocenters. The SMILES string of the molecule is Cc1cccc2c(C(=O)O)c3c(nc12)CCNC3. The summed E-state index contributed by atoms with van der Waals surface area (Å²) < 4.78 is 0.